The molecule has 5 atom stereocenters. The van der Waals surface area contributed by atoms with E-state index in [9.17, 15) is 20.1 Å². The highest BCUT2D eigenvalue weighted by Crippen LogP contribution is 2.30. The molecule has 9 heteroatoms. The van der Waals surface area contributed by atoms with Crippen LogP contribution in [0, 0.1) is 6.92 Å². The fraction of sp³-hybridized carbons (Fsp3) is 0.350. The maximum Gasteiger partial charge on any atom is 0.347 e. The van der Waals surface area contributed by atoms with Crippen LogP contribution in [0.25, 0.3) is 22.3 Å². The van der Waals surface area contributed by atoms with E-state index in [-0.39, 0.29) is 0 Å². The van der Waals surface area contributed by atoms with Gasteiger partial charge < -0.3 is 39.3 Å². The highest BCUT2D eigenvalue weighted by atomic mass is 16.6. The minimum absolute atomic E-state index is 0.308. The molecule has 5 N–H and O–H groups in total. The van der Waals surface area contributed by atoms with Crippen LogP contribution in [-0.4, -0.2) is 57.7 Å². The third kappa shape index (κ3) is 3.43. The fourth-order valence-corrected chi connectivity index (χ4v) is 3.60. The molecular formula is C20H21NO8. The highest BCUT2D eigenvalue weighted by Gasteiger charge is 2.43. The lowest BCUT2D eigenvalue weighted by molar-refractivity contribution is -0.245. The Kier molecular flexibility index (Phi) is 5.15. The van der Waals surface area contributed by atoms with Gasteiger partial charge in [-0.15, -0.1) is 0 Å². The zero-order chi connectivity index (χ0) is 20.7. The van der Waals surface area contributed by atoms with Gasteiger partial charge in [-0.1, -0.05) is 0 Å². The standard InChI is InChI=1S/C20H21NO8/c1-9-11-5-4-10(21-16-18(24)17(23)14(8-22)29-20(16)26)7-13(11)28-19(25)15(9)12-3-2-6-27-12/h2-7,14,16-18,20-24,26H,8H2,1H3/t14?,16-,17+,18?,20?/m0/s1. The van der Waals surface area contributed by atoms with Gasteiger partial charge in [-0.05, 0) is 36.8 Å². The van der Waals surface area contributed by atoms with Crippen LogP contribution in [0.2, 0.25) is 0 Å². The second-order valence-corrected chi connectivity index (χ2v) is 6.98. The van der Waals surface area contributed by atoms with Gasteiger partial charge in [0.05, 0.1) is 12.9 Å². The normalized spacial score (nSPS) is 27.3. The van der Waals surface area contributed by atoms with Crippen LogP contribution in [0.3, 0.4) is 0 Å². The molecule has 0 radical (unpaired) electrons. The molecule has 1 aliphatic heterocycles. The number of rotatable bonds is 4. The number of ether oxygens (including phenoxy) is 1. The summed E-state index contributed by atoms with van der Waals surface area (Å²) in [6, 6.07) is 7.28. The first kappa shape index (κ1) is 19.6. The second kappa shape index (κ2) is 7.62. The quantitative estimate of drug-likeness (QED) is 0.395. The number of aryl methyl sites for hydroxylation is 1. The summed E-state index contributed by atoms with van der Waals surface area (Å²) in [5.74, 6) is 0.415. The van der Waals surface area contributed by atoms with Crippen molar-refractivity contribution >= 4 is 16.7 Å². The fourth-order valence-electron chi connectivity index (χ4n) is 3.60. The maximum absolute atomic E-state index is 12.5. The first-order valence-corrected chi connectivity index (χ1v) is 9.09. The van der Waals surface area contributed by atoms with E-state index in [4.69, 9.17) is 18.7 Å². The van der Waals surface area contributed by atoms with E-state index in [2.05, 4.69) is 5.32 Å². The molecule has 0 spiro atoms. The lowest BCUT2D eigenvalue weighted by atomic mass is 9.96. The summed E-state index contributed by atoms with van der Waals surface area (Å²) in [5.41, 5.74) is 1.23. The summed E-state index contributed by atoms with van der Waals surface area (Å²) < 4.78 is 15.9. The Morgan fingerprint density at radius 1 is 1.14 bits per heavy atom. The summed E-state index contributed by atoms with van der Waals surface area (Å²) in [6.07, 6.45) is -3.84. The van der Waals surface area contributed by atoms with Crippen molar-refractivity contribution in [3.63, 3.8) is 0 Å². The van der Waals surface area contributed by atoms with Crippen LogP contribution in [0.1, 0.15) is 5.56 Å². The molecule has 2 aromatic heterocycles. The van der Waals surface area contributed by atoms with Crippen LogP contribution < -0.4 is 10.9 Å². The van der Waals surface area contributed by atoms with Gasteiger partial charge in [0.25, 0.3) is 0 Å². The van der Waals surface area contributed by atoms with Crippen LogP contribution >= 0.6 is 0 Å². The molecule has 3 unspecified atom stereocenters. The molecule has 3 heterocycles. The Balaban J connectivity index is 1.66. The predicted octanol–water partition coefficient (Wildman–Crippen LogP) is 0.573. The molecule has 1 aliphatic rings. The molecule has 4 rings (SSSR count). The summed E-state index contributed by atoms with van der Waals surface area (Å²) in [6.45, 7) is 1.25. The van der Waals surface area contributed by atoms with Crippen molar-refractivity contribution in [2.24, 2.45) is 0 Å². The van der Waals surface area contributed by atoms with Gasteiger partial charge in [0.2, 0.25) is 0 Å². The van der Waals surface area contributed by atoms with Crippen molar-refractivity contribution in [3.8, 4) is 11.3 Å². The van der Waals surface area contributed by atoms with Gasteiger partial charge >= 0.3 is 5.63 Å². The molecule has 29 heavy (non-hydrogen) atoms. The molecule has 0 bridgehead atoms. The molecule has 0 aliphatic carbocycles. The number of fused-ring (bicyclic) bond motifs is 1. The Labute approximate surface area is 164 Å². The van der Waals surface area contributed by atoms with E-state index < -0.39 is 42.9 Å². The summed E-state index contributed by atoms with van der Waals surface area (Å²) in [5, 5.41) is 43.1. The monoisotopic (exact) mass is 403 g/mol. The predicted molar refractivity (Wildman–Crippen MR) is 102 cm³/mol. The summed E-state index contributed by atoms with van der Waals surface area (Å²) in [4.78, 5) is 12.5. The van der Waals surface area contributed by atoms with Crippen molar-refractivity contribution in [1.82, 2.24) is 0 Å². The van der Waals surface area contributed by atoms with Gasteiger partial charge in [-0.3, -0.25) is 0 Å². The van der Waals surface area contributed by atoms with Crippen molar-refractivity contribution in [2.45, 2.75) is 37.6 Å². The molecule has 154 valence electrons. The largest absolute Gasteiger partial charge is 0.464 e. The van der Waals surface area contributed by atoms with Gasteiger partial charge in [0, 0.05) is 17.1 Å². The Morgan fingerprint density at radius 2 is 1.93 bits per heavy atom. The average Bonchev–Trinajstić information content (AvgIpc) is 3.22. The van der Waals surface area contributed by atoms with Gasteiger partial charge in [0.15, 0.2) is 6.29 Å². The van der Waals surface area contributed by atoms with Crippen molar-refractivity contribution < 1.29 is 34.0 Å². The third-order valence-electron chi connectivity index (χ3n) is 5.17. The zero-order valence-electron chi connectivity index (χ0n) is 15.5. The number of hydrogen-bond donors (Lipinski definition) is 5. The van der Waals surface area contributed by atoms with Gasteiger partial charge in [0.1, 0.15) is 41.3 Å². The molecule has 0 saturated carbocycles. The molecule has 9 nitrogen and oxygen atoms in total. The number of aliphatic hydroxyl groups is 4. The number of aliphatic hydroxyl groups excluding tert-OH is 4. The number of hydrogen-bond acceptors (Lipinski definition) is 9. The molecule has 1 aromatic carbocycles. The Hall–Kier alpha value is -2.69. The topological polar surface area (TPSA) is 146 Å². The van der Waals surface area contributed by atoms with Crippen molar-refractivity contribution in [2.75, 3.05) is 11.9 Å². The number of anilines is 1. The zero-order valence-corrected chi connectivity index (χ0v) is 15.5. The molecular weight excluding hydrogens is 382 g/mol. The molecule has 1 fully saturated rings. The van der Waals surface area contributed by atoms with Gasteiger partial charge in [-0.25, -0.2) is 4.79 Å². The van der Waals surface area contributed by atoms with Crippen LogP contribution in [0.15, 0.2) is 50.2 Å². The maximum atomic E-state index is 12.5. The van der Waals surface area contributed by atoms with E-state index in [1.54, 1.807) is 37.3 Å². The average molecular weight is 403 g/mol. The van der Waals surface area contributed by atoms with E-state index in [1.165, 1.54) is 6.26 Å². The van der Waals surface area contributed by atoms with Crippen LogP contribution in [0.4, 0.5) is 5.69 Å². The summed E-state index contributed by atoms with van der Waals surface area (Å²) in [7, 11) is 0. The summed E-state index contributed by atoms with van der Waals surface area (Å²) >= 11 is 0. The van der Waals surface area contributed by atoms with Crippen molar-refractivity contribution in [1.29, 1.82) is 0 Å². The Bertz CT molecular complexity index is 1060. The lowest BCUT2D eigenvalue weighted by Gasteiger charge is -2.40. The number of furan rings is 1. The highest BCUT2D eigenvalue weighted by molar-refractivity contribution is 5.87. The number of nitrogens with one attached hydrogen (secondary N) is 1. The second-order valence-electron chi connectivity index (χ2n) is 6.98. The lowest BCUT2D eigenvalue weighted by Crippen LogP contribution is -2.61. The minimum atomic E-state index is -1.46. The van der Waals surface area contributed by atoms with Crippen LogP contribution in [-0.2, 0) is 4.74 Å². The SMILES string of the molecule is Cc1c(-c2ccco2)c(=O)oc2cc(N[C@@H]3C(O)OC(CO)[C@@H](O)C3O)ccc12. The van der Waals surface area contributed by atoms with Crippen LogP contribution in [0.5, 0.6) is 0 Å². The van der Waals surface area contributed by atoms with E-state index in [1.807, 2.05) is 0 Å². The first-order chi connectivity index (χ1) is 13.9. The minimum Gasteiger partial charge on any atom is -0.464 e. The molecule has 1 saturated heterocycles. The van der Waals surface area contributed by atoms with Crippen molar-refractivity contribution in [3.05, 3.63) is 52.6 Å². The Morgan fingerprint density at radius 3 is 2.62 bits per heavy atom. The number of benzene rings is 1. The third-order valence-corrected chi connectivity index (χ3v) is 5.17. The first-order valence-electron chi connectivity index (χ1n) is 9.09. The molecule has 0 amide bonds. The van der Waals surface area contributed by atoms with E-state index >= 15 is 0 Å². The van der Waals surface area contributed by atoms with Gasteiger partial charge in [-0.2, -0.15) is 0 Å². The van der Waals surface area contributed by atoms with E-state index in [0.29, 0.717) is 33.5 Å². The smallest absolute Gasteiger partial charge is 0.347 e. The van der Waals surface area contributed by atoms with E-state index in [0.717, 1.165) is 0 Å². The molecule has 3 aromatic rings.